The molecule has 14 heavy (non-hydrogen) atoms. The minimum Gasteiger partial charge on any atom is -0.245 e. The number of nitrogens with zero attached hydrogens (tertiary/aromatic N) is 2. The SMILES string of the molecule is N#Cc1nccc2c(Cl)cc(Br)cc12. The number of pyridine rings is 1. The number of hydrogen-bond acceptors (Lipinski definition) is 2. The van der Waals surface area contributed by atoms with Gasteiger partial charge in [0, 0.05) is 26.5 Å². The number of hydrogen-bond donors (Lipinski definition) is 0. The highest BCUT2D eigenvalue weighted by molar-refractivity contribution is 9.10. The number of rotatable bonds is 0. The Morgan fingerprint density at radius 2 is 2.14 bits per heavy atom. The lowest BCUT2D eigenvalue weighted by molar-refractivity contribution is 1.30. The molecule has 1 aromatic carbocycles. The predicted molar refractivity (Wildman–Crippen MR) is 59.2 cm³/mol. The van der Waals surface area contributed by atoms with Gasteiger partial charge >= 0.3 is 0 Å². The molecule has 0 N–H and O–H groups in total. The van der Waals surface area contributed by atoms with E-state index < -0.39 is 0 Å². The average Bonchev–Trinajstić information content (AvgIpc) is 2.17. The van der Waals surface area contributed by atoms with E-state index in [-0.39, 0.29) is 0 Å². The van der Waals surface area contributed by atoms with Gasteiger partial charge in [0.2, 0.25) is 0 Å². The minimum absolute atomic E-state index is 0.394. The smallest absolute Gasteiger partial charge is 0.148 e. The maximum absolute atomic E-state index is 8.85. The molecule has 0 fully saturated rings. The summed E-state index contributed by atoms with van der Waals surface area (Å²) in [5.74, 6) is 0. The van der Waals surface area contributed by atoms with Crippen LogP contribution in [0.5, 0.6) is 0 Å². The van der Waals surface area contributed by atoms with Crippen molar-refractivity contribution in [3.63, 3.8) is 0 Å². The van der Waals surface area contributed by atoms with Crippen LogP contribution in [0, 0.1) is 11.3 Å². The van der Waals surface area contributed by atoms with Crippen LogP contribution < -0.4 is 0 Å². The van der Waals surface area contributed by atoms with Crippen molar-refractivity contribution in [3.05, 3.63) is 39.6 Å². The van der Waals surface area contributed by atoms with E-state index in [0.717, 1.165) is 15.2 Å². The summed E-state index contributed by atoms with van der Waals surface area (Å²) in [6.07, 6.45) is 1.58. The summed E-state index contributed by atoms with van der Waals surface area (Å²) in [6, 6.07) is 7.47. The summed E-state index contributed by atoms with van der Waals surface area (Å²) >= 11 is 9.35. The van der Waals surface area contributed by atoms with Crippen molar-refractivity contribution in [2.24, 2.45) is 0 Å². The van der Waals surface area contributed by atoms with Crippen LogP contribution in [0.3, 0.4) is 0 Å². The van der Waals surface area contributed by atoms with Crippen molar-refractivity contribution >= 4 is 38.3 Å². The second-order valence-electron chi connectivity index (χ2n) is 2.75. The number of benzene rings is 1. The maximum Gasteiger partial charge on any atom is 0.148 e. The van der Waals surface area contributed by atoms with Gasteiger partial charge in [-0.3, -0.25) is 0 Å². The molecule has 0 saturated heterocycles. The number of fused-ring (bicyclic) bond motifs is 1. The highest BCUT2D eigenvalue weighted by Gasteiger charge is 2.05. The van der Waals surface area contributed by atoms with Crippen molar-refractivity contribution in [3.8, 4) is 6.07 Å². The van der Waals surface area contributed by atoms with Crippen LogP contribution in [0.25, 0.3) is 10.8 Å². The minimum atomic E-state index is 0.394. The van der Waals surface area contributed by atoms with Gasteiger partial charge in [-0.05, 0) is 18.2 Å². The monoisotopic (exact) mass is 266 g/mol. The first-order valence-electron chi connectivity index (χ1n) is 3.86. The predicted octanol–water partition coefficient (Wildman–Crippen LogP) is 3.52. The van der Waals surface area contributed by atoms with Gasteiger partial charge in [0.15, 0.2) is 0 Å². The van der Waals surface area contributed by atoms with Gasteiger partial charge in [0.05, 0.1) is 0 Å². The van der Waals surface area contributed by atoms with Crippen LogP contribution in [0.1, 0.15) is 5.69 Å². The second kappa shape index (κ2) is 3.56. The van der Waals surface area contributed by atoms with Crippen LogP contribution in [0.4, 0.5) is 0 Å². The molecule has 4 heteroatoms. The molecule has 0 aliphatic heterocycles. The van der Waals surface area contributed by atoms with Crippen molar-refractivity contribution in [2.75, 3.05) is 0 Å². The van der Waals surface area contributed by atoms with Gasteiger partial charge in [0.25, 0.3) is 0 Å². The lowest BCUT2D eigenvalue weighted by atomic mass is 10.1. The van der Waals surface area contributed by atoms with Crippen molar-refractivity contribution in [1.82, 2.24) is 4.98 Å². The lowest BCUT2D eigenvalue weighted by Gasteiger charge is -2.02. The Labute approximate surface area is 94.3 Å². The number of nitriles is 1. The van der Waals surface area contributed by atoms with Crippen LogP contribution in [-0.4, -0.2) is 4.98 Å². The van der Waals surface area contributed by atoms with Gasteiger partial charge in [-0.1, -0.05) is 27.5 Å². The largest absolute Gasteiger partial charge is 0.245 e. The lowest BCUT2D eigenvalue weighted by Crippen LogP contribution is -1.85. The first-order valence-corrected chi connectivity index (χ1v) is 5.03. The fraction of sp³-hybridized carbons (Fsp3) is 0. The Morgan fingerprint density at radius 1 is 1.36 bits per heavy atom. The number of aromatic nitrogens is 1. The van der Waals surface area contributed by atoms with Gasteiger partial charge in [-0.2, -0.15) is 5.26 Å². The third kappa shape index (κ3) is 1.47. The van der Waals surface area contributed by atoms with Gasteiger partial charge in [-0.15, -0.1) is 0 Å². The molecule has 2 nitrogen and oxygen atoms in total. The molecule has 0 aliphatic rings. The molecule has 68 valence electrons. The molecule has 0 unspecified atom stereocenters. The normalized spacial score (nSPS) is 10.1. The first kappa shape index (κ1) is 9.45. The fourth-order valence-corrected chi connectivity index (χ4v) is 2.17. The molecule has 0 amide bonds. The van der Waals surface area contributed by atoms with Gasteiger partial charge < -0.3 is 0 Å². The third-order valence-electron chi connectivity index (χ3n) is 1.90. The van der Waals surface area contributed by atoms with Crippen LogP contribution >= 0.6 is 27.5 Å². The highest BCUT2D eigenvalue weighted by Crippen LogP contribution is 2.28. The highest BCUT2D eigenvalue weighted by atomic mass is 79.9. The van der Waals surface area contributed by atoms with E-state index in [2.05, 4.69) is 20.9 Å². The Morgan fingerprint density at radius 3 is 2.86 bits per heavy atom. The molecule has 0 bridgehead atoms. The molecule has 0 aliphatic carbocycles. The zero-order valence-electron chi connectivity index (χ0n) is 6.96. The van der Waals surface area contributed by atoms with E-state index in [1.165, 1.54) is 0 Å². The molecular weight excluding hydrogens is 263 g/mol. The van der Waals surface area contributed by atoms with Crippen LogP contribution in [0.15, 0.2) is 28.9 Å². The molecule has 0 spiro atoms. The van der Waals surface area contributed by atoms with Crippen LogP contribution in [-0.2, 0) is 0 Å². The van der Waals surface area contributed by atoms with Crippen molar-refractivity contribution in [1.29, 1.82) is 5.26 Å². The van der Waals surface area contributed by atoms with Crippen LogP contribution in [0.2, 0.25) is 5.02 Å². The Kier molecular flexibility index (Phi) is 2.40. The summed E-state index contributed by atoms with van der Waals surface area (Å²) in [7, 11) is 0. The standard InChI is InChI=1S/C10H4BrClN2/c11-6-3-8-7(9(12)4-6)1-2-14-10(8)5-13/h1-4H. The van der Waals surface area contributed by atoms with E-state index in [1.54, 1.807) is 18.3 Å². The topological polar surface area (TPSA) is 36.7 Å². The Balaban J connectivity index is 2.95. The number of halogens is 2. The molecule has 2 rings (SSSR count). The van der Waals surface area contributed by atoms with Crippen molar-refractivity contribution in [2.45, 2.75) is 0 Å². The molecule has 1 heterocycles. The summed E-state index contributed by atoms with van der Waals surface area (Å²) in [4.78, 5) is 3.97. The fourth-order valence-electron chi connectivity index (χ4n) is 1.30. The third-order valence-corrected chi connectivity index (χ3v) is 2.67. The molecule has 2 aromatic rings. The van der Waals surface area contributed by atoms with E-state index >= 15 is 0 Å². The molecule has 0 atom stereocenters. The average molecular weight is 268 g/mol. The molecule has 0 radical (unpaired) electrons. The quantitative estimate of drug-likeness (QED) is 0.732. The maximum atomic E-state index is 8.85. The van der Waals surface area contributed by atoms with E-state index in [4.69, 9.17) is 16.9 Å². The second-order valence-corrected chi connectivity index (χ2v) is 4.08. The molecule has 1 aromatic heterocycles. The molecule has 0 saturated carbocycles. The van der Waals surface area contributed by atoms with E-state index in [1.807, 2.05) is 12.1 Å². The summed E-state index contributed by atoms with van der Waals surface area (Å²) in [5.41, 5.74) is 0.394. The van der Waals surface area contributed by atoms with Crippen molar-refractivity contribution < 1.29 is 0 Å². The summed E-state index contributed by atoms with van der Waals surface area (Å²) in [6.45, 7) is 0. The summed E-state index contributed by atoms with van der Waals surface area (Å²) < 4.78 is 0.847. The summed E-state index contributed by atoms with van der Waals surface area (Å²) in [5, 5.41) is 11.1. The Bertz CT molecular complexity index is 546. The Hall–Kier alpha value is -1.11. The first-order chi connectivity index (χ1) is 6.72. The zero-order valence-corrected chi connectivity index (χ0v) is 9.30. The zero-order chi connectivity index (χ0) is 10.1. The van der Waals surface area contributed by atoms with Gasteiger partial charge in [-0.25, -0.2) is 4.98 Å². The molecular formula is C10H4BrClN2. The van der Waals surface area contributed by atoms with E-state index in [9.17, 15) is 0 Å². The van der Waals surface area contributed by atoms with E-state index in [0.29, 0.717) is 10.7 Å². The van der Waals surface area contributed by atoms with Gasteiger partial charge in [0.1, 0.15) is 11.8 Å².